The van der Waals surface area contributed by atoms with Crippen molar-refractivity contribution in [2.45, 2.75) is 24.5 Å². The summed E-state index contributed by atoms with van der Waals surface area (Å²) in [6, 6.07) is 19.6. The van der Waals surface area contributed by atoms with Crippen molar-refractivity contribution in [3.05, 3.63) is 89.2 Å². The maximum Gasteiger partial charge on any atom is 0.261 e. The Bertz CT molecular complexity index is 1230. The second-order valence-corrected chi connectivity index (χ2v) is 8.66. The molecule has 0 spiro atoms. The third-order valence-electron chi connectivity index (χ3n) is 6.98. The maximum absolute atomic E-state index is 14.4. The van der Waals surface area contributed by atoms with Crippen LogP contribution in [0.4, 0.5) is 10.1 Å². The first kappa shape index (κ1) is 20.2. The molecule has 0 aromatic heterocycles. The lowest BCUT2D eigenvalue weighted by molar-refractivity contribution is -0.0488. The summed E-state index contributed by atoms with van der Waals surface area (Å²) in [4.78, 5) is 17.3. The second-order valence-electron chi connectivity index (χ2n) is 8.66. The first-order valence-electron chi connectivity index (χ1n) is 11.1. The Hall–Kier alpha value is -3.42. The van der Waals surface area contributed by atoms with E-state index in [9.17, 15) is 14.3 Å². The number of nitrogens with zero attached hydrogens (tertiary/aromatic N) is 2. The molecule has 3 aliphatic heterocycles. The molecule has 3 aliphatic rings. The van der Waals surface area contributed by atoms with E-state index < -0.39 is 5.82 Å². The number of likely N-dealkylation sites (tertiary alicyclic amines) is 1. The zero-order valence-electron chi connectivity index (χ0n) is 17.9. The molecule has 33 heavy (non-hydrogen) atoms. The van der Waals surface area contributed by atoms with Crippen LogP contribution in [0.3, 0.4) is 0 Å². The van der Waals surface area contributed by atoms with Crippen molar-refractivity contribution < 1.29 is 23.8 Å². The van der Waals surface area contributed by atoms with Crippen molar-refractivity contribution in [3.63, 3.8) is 0 Å². The molecule has 7 heteroatoms. The van der Waals surface area contributed by atoms with Crippen LogP contribution in [0.15, 0.2) is 66.7 Å². The topological polar surface area (TPSA) is 62.2 Å². The Morgan fingerprint density at radius 3 is 2.67 bits per heavy atom. The molecule has 1 saturated heterocycles. The lowest BCUT2D eigenvalue weighted by Crippen LogP contribution is -2.68. The van der Waals surface area contributed by atoms with E-state index in [2.05, 4.69) is 4.90 Å². The number of ether oxygens (including phenoxy) is 2. The number of hydrogen-bond donors (Lipinski definition) is 1. The average molecular weight is 446 g/mol. The predicted molar refractivity (Wildman–Crippen MR) is 120 cm³/mol. The van der Waals surface area contributed by atoms with Crippen LogP contribution >= 0.6 is 0 Å². The van der Waals surface area contributed by atoms with Gasteiger partial charge < -0.3 is 19.5 Å². The number of fused-ring (bicyclic) bond motifs is 4. The van der Waals surface area contributed by atoms with E-state index in [4.69, 9.17) is 9.47 Å². The normalized spacial score (nSPS) is 23.0. The molecule has 6 nitrogen and oxygen atoms in total. The van der Waals surface area contributed by atoms with Crippen molar-refractivity contribution in [2.75, 3.05) is 24.8 Å². The first-order valence-corrected chi connectivity index (χ1v) is 11.1. The van der Waals surface area contributed by atoms with Crippen LogP contribution in [-0.4, -0.2) is 47.9 Å². The lowest BCUT2D eigenvalue weighted by Gasteiger charge is -2.59. The van der Waals surface area contributed by atoms with Crippen molar-refractivity contribution in [3.8, 4) is 11.5 Å². The van der Waals surface area contributed by atoms with Crippen molar-refractivity contribution >= 4 is 11.6 Å². The van der Waals surface area contributed by atoms with Gasteiger partial charge in [-0.05, 0) is 41.5 Å². The van der Waals surface area contributed by atoms with Crippen molar-refractivity contribution in [1.82, 2.24) is 4.90 Å². The fourth-order valence-electron chi connectivity index (χ4n) is 5.42. The summed E-state index contributed by atoms with van der Waals surface area (Å²) in [6.45, 7) is 1.26. The number of carbonyl (C=O) groups is 1. The number of anilines is 1. The van der Waals surface area contributed by atoms with Gasteiger partial charge in [-0.2, -0.15) is 0 Å². The molecule has 3 atom stereocenters. The Labute approximate surface area is 190 Å². The standard InChI is InChI=1S/C26H23FN2O4/c27-19-7-3-1-5-17(19)26(31)29-13-21-25(18-6-2-4-8-20(18)29)22(14-30)28(21)12-16-9-10-23-24(11-16)33-15-32-23/h1-11,21-22,25,30H,12-15H2/t21-,22-,25+/m0/s1. The van der Waals surface area contributed by atoms with Crippen LogP contribution in [0.2, 0.25) is 0 Å². The maximum atomic E-state index is 14.4. The molecule has 0 saturated carbocycles. The van der Waals surface area contributed by atoms with E-state index in [0.29, 0.717) is 13.1 Å². The quantitative estimate of drug-likeness (QED) is 0.664. The van der Waals surface area contributed by atoms with Crippen LogP contribution in [0.25, 0.3) is 0 Å². The van der Waals surface area contributed by atoms with Crippen LogP contribution in [-0.2, 0) is 6.54 Å². The van der Waals surface area contributed by atoms with Gasteiger partial charge in [0.25, 0.3) is 5.91 Å². The van der Waals surface area contributed by atoms with Crippen LogP contribution < -0.4 is 14.4 Å². The van der Waals surface area contributed by atoms with Gasteiger partial charge in [0, 0.05) is 36.8 Å². The van der Waals surface area contributed by atoms with Crippen molar-refractivity contribution in [1.29, 1.82) is 0 Å². The second kappa shape index (κ2) is 7.86. The van der Waals surface area contributed by atoms with Gasteiger partial charge in [-0.1, -0.05) is 36.4 Å². The highest BCUT2D eigenvalue weighted by atomic mass is 19.1. The number of aliphatic hydroxyl groups excluding tert-OH is 1. The Balaban J connectivity index is 1.34. The highest BCUT2D eigenvalue weighted by Gasteiger charge is 2.53. The van der Waals surface area contributed by atoms with Gasteiger partial charge >= 0.3 is 0 Å². The van der Waals surface area contributed by atoms with Gasteiger partial charge in [0.2, 0.25) is 6.79 Å². The molecule has 0 aliphatic carbocycles. The fourth-order valence-corrected chi connectivity index (χ4v) is 5.42. The van der Waals surface area contributed by atoms with E-state index in [-0.39, 0.29) is 42.9 Å². The number of rotatable bonds is 4. The third kappa shape index (κ3) is 3.19. The summed E-state index contributed by atoms with van der Waals surface area (Å²) in [5, 5.41) is 10.2. The van der Waals surface area contributed by atoms with Crippen LogP contribution in [0.5, 0.6) is 11.5 Å². The summed E-state index contributed by atoms with van der Waals surface area (Å²) in [6.07, 6.45) is 0. The molecule has 1 amide bonds. The number of halogens is 1. The minimum atomic E-state index is -0.527. The monoisotopic (exact) mass is 446 g/mol. The summed E-state index contributed by atoms with van der Waals surface area (Å²) in [7, 11) is 0. The van der Waals surface area contributed by atoms with Gasteiger partial charge in [0.15, 0.2) is 11.5 Å². The van der Waals surface area contributed by atoms with E-state index >= 15 is 0 Å². The number of para-hydroxylation sites is 1. The minimum Gasteiger partial charge on any atom is -0.454 e. The SMILES string of the molecule is O=C(c1ccccc1F)N1C[C@H]2[C@@H](c3ccccc31)[C@H](CO)N2Cc1ccc2c(c1)OCO2. The molecule has 0 unspecified atom stereocenters. The molecular weight excluding hydrogens is 423 g/mol. The average Bonchev–Trinajstić information content (AvgIpc) is 3.30. The summed E-state index contributed by atoms with van der Waals surface area (Å²) >= 11 is 0. The Morgan fingerprint density at radius 1 is 1.03 bits per heavy atom. The van der Waals surface area contributed by atoms with Crippen LogP contribution in [0.1, 0.15) is 27.4 Å². The van der Waals surface area contributed by atoms with E-state index in [0.717, 1.165) is 28.3 Å². The van der Waals surface area contributed by atoms with E-state index in [1.54, 1.807) is 17.0 Å². The molecule has 6 rings (SSSR count). The molecule has 0 bridgehead atoms. The molecule has 1 fully saturated rings. The fraction of sp³-hybridized carbons (Fsp3) is 0.269. The van der Waals surface area contributed by atoms with Crippen LogP contribution in [0, 0.1) is 5.82 Å². The highest BCUT2D eigenvalue weighted by Crippen LogP contribution is 2.49. The zero-order valence-corrected chi connectivity index (χ0v) is 17.9. The van der Waals surface area contributed by atoms with Gasteiger partial charge in [-0.25, -0.2) is 4.39 Å². The molecule has 168 valence electrons. The smallest absolute Gasteiger partial charge is 0.261 e. The number of aliphatic hydroxyl groups is 1. The van der Waals surface area contributed by atoms with Gasteiger partial charge in [-0.15, -0.1) is 0 Å². The number of carbonyl (C=O) groups excluding carboxylic acids is 1. The summed E-state index contributed by atoms with van der Waals surface area (Å²) < 4.78 is 25.4. The van der Waals surface area contributed by atoms with Crippen molar-refractivity contribution in [2.24, 2.45) is 0 Å². The van der Waals surface area contributed by atoms with Gasteiger partial charge in [-0.3, -0.25) is 9.69 Å². The predicted octanol–water partition coefficient (Wildman–Crippen LogP) is 3.54. The van der Waals surface area contributed by atoms with Gasteiger partial charge in [0.05, 0.1) is 12.2 Å². The summed E-state index contributed by atoms with van der Waals surface area (Å²) in [5.74, 6) is 0.670. The molecular formula is C26H23FN2O4. The van der Waals surface area contributed by atoms with E-state index in [1.165, 1.54) is 12.1 Å². The number of benzene rings is 3. The highest BCUT2D eigenvalue weighted by molar-refractivity contribution is 6.07. The zero-order chi connectivity index (χ0) is 22.5. The Kier molecular flexibility index (Phi) is 4.81. The molecule has 0 radical (unpaired) electrons. The molecule has 3 aromatic rings. The Morgan fingerprint density at radius 2 is 1.82 bits per heavy atom. The first-order chi connectivity index (χ1) is 16.2. The molecule has 3 aromatic carbocycles. The van der Waals surface area contributed by atoms with Gasteiger partial charge in [0.1, 0.15) is 5.82 Å². The lowest BCUT2D eigenvalue weighted by atomic mass is 9.71. The number of hydrogen-bond acceptors (Lipinski definition) is 5. The minimum absolute atomic E-state index is 0.0122. The number of amides is 1. The molecule has 1 N–H and O–H groups in total. The third-order valence-corrected chi connectivity index (χ3v) is 6.98. The largest absolute Gasteiger partial charge is 0.454 e. The van der Waals surface area contributed by atoms with E-state index in [1.807, 2.05) is 42.5 Å². The summed E-state index contributed by atoms with van der Waals surface area (Å²) in [5.41, 5.74) is 2.90. The molecule has 3 heterocycles.